The van der Waals surface area contributed by atoms with Gasteiger partial charge in [0, 0.05) is 7.11 Å². The van der Waals surface area contributed by atoms with Gasteiger partial charge in [-0.1, -0.05) is 18.2 Å². The van der Waals surface area contributed by atoms with Crippen LogP contribution < -0.4 is 20.6 Å². The molecular weight excluding hydrogens is 416 g/mol. The molecule has 0 unspecified atom stereocenters. The molecule has 0 fully saturated rings. The van der Waals surface area contributed by atoms with Crippen molar-refractivity contribution in [1.29, 1.82) is 0 Å². The largest absolute Gasteiger partial charge is 0.453 e. The van der Waals surface area contributed by atoms with Gasteiger partial charge in [0.15, 0.2) is 0 Å². The minimum Gasteiger partial charge on any atom is -0.453 e. The van der Waals surface area contributed by atoms with Crippen molar-refractivity contribution in [2.24, 2.45) is 10.7 Å². The van der Waals surface area contributed by atoms with Crippen LogP contribution in [0.5, 0.6) is 5.75 Å². The van der Waals surface area contributed by atoms with Crippen molar-refractivity contribution in [1.82, 2.24) is 5.32 Å². The molecule has 0 aliphatic heterocycles. The molecule has 0 saturated heterocycles. The molecular formula is C18H20N4O7S. The predicted octanol–water partition coefficient (Wildman–Crippen LogP) is 1.34. The first kappa shape index (κ1) is 22.6. The molecule has 160 valence electrons. The van der Waals surface area contributed by atoms with Crippen LogP contribution in [0.3, 0.4) is 0 Å². The number of nitrogens with zero attached hydrogens (tertiary/aromatic N) is 1. The third kappa shape index (κ3) is 6.46. The second kappa shape index (κ2) is 10.2. The van der Waals surface area contributed by atoms with Crippen molar-refractivity contribution in [3.05, 3.63) is 48.5 Å². The first-order chi connectivity index (χ1) is 14.2. The van der Waals surface area contributed by atoms with Crippen molar-refractivity contribution in [2.75, 3.05) is 26.1 Å². The topological polar surface area (TPSA) is 158 Å². The van der Waals surface area contributed by atoms with Crippen molar-refractivity contribution in [2.45, 2.75) is 4.90 Å². The van der Waals surface area contributed by atoms with Crippen LogP contribution in [0.1, 0.15) is 0 Å². The van der Waals surface area contributed by atoms with Crippen LogP contribution in [-0.4, -0.2) is 47.2 Å². The smallest absolute Gasteiger partial charge is 0.413 e. The van der Waals surface area contributed by atoms with E-state index in [9.17, 15) is 18.0 Å². The molecule has 12 heteroatoms. The van der Waals surface area contributed by atoms with E-state index >= 15 is 0 Å². The second-order valence-corrected chi connectivity index (χ2v) is 7.17. The molecule has 0 heterocycles. The first-order valence-corrected chi connectivity index (χ1v) is 9.77. The zero-order valence-corrected chi connectivity index (χ0v) is 16.9. The summed E-state index contributed by atoms with van der Waals surface area (Å²) in [6.07, 6.45) is -0.877. The number of alkyl carbamates (subject to hydrolysis) is 1. The number of amides is 2. The molecule has 0 aliphatic rings. The highest BCUT2D eigenvalue weighted by molar-refractivity contribution is 7.87. The van der Waals surface area contributed by atoms with Gasteiger partial charge >= 0.3 is 16.2 Å². The van der Waals surface area contributed by atoms with Gasteiger partial charge in [0.05, 0.1) is 18.5 Å². The Hall–Kier alpha value is -3.64. The van der Waals surface area contributed by atoms with E-state index in [1.807, 2.05) is 0 Å². The van der Waals surface area contributed by atoms with Gasteiger partial charge in [-0.05, 0) is 30.3 Å². The third-order valence-corrected chi connectivity index (χ3v) is 4.66. The van der Waals surface area contributed by atoms with Gasteiger partial charge in [0.1, 0.15) is 17.3 Å². The van der Waals surface area contributed by atoms with Crippen LogP contribution in [0.15, 0.2) is 58.4 Å². The lowest BCUT2D eigenvalue weighted by Crippen LogP contribution is -2.36. The number of anilines is 1. The van der Waals surface area contributed by atoms with Crippen LogP contribution in [0, 0.1) is 0 Å². The number of aliphatic imine (C=N–C) groups is 1. The van der Waals surface area contributed by atoms with E-state index in [4.69, 9.17) is 14.7 Å². The Balaban J connectivity index is 2.42. The summed E-state index contributed by atoms with van der Waals surface area (Å²) in [5.74, 6) is -0.779. The molecule has 11 nitrogen and oxygen atoms in total. The van der Waals surface area contributed by atoms with Crippen molar-refractivity contribution in [3.8, 4) is 5.75 Å². The molecule has 2 aromatic rings. The summed E-state index contributed by atoms with van der Waals surface area (Å²) in [5, 5.41) is 4.64. The number of rotatable bonds is 7. The molecule has 0 atom stereocenters. The third-order valence-electron chi connectivity index (χ3n) is 3.41. The SMILES string of the molecule is COCC(=O)Nc1ccc(S(=O)(=O)Oc2ccccc2)cc1N=C(N)NC(=O)OC. The zero-order chi connectivity index (χ0) is 22.1. The van der Waals surface area contributed by atoms with Crippen LogP contribution in [0.2, 0.25) is 0 Å². The Labute approximate surface area is 173 Å². The molecule has 2 aromatic carbocycles. The Morgan fingerprint density at radius 3 is 2.43 bits per heavy atom. The van der Waals surface area contributed by atoms with Gasteiger partial charge in [-0.3, -0.25) is 10.1 Å². The van der Waals surface area contributed by atoms with E-state index in [2.05, 4.69) is 20.4 Å². The molecule has 2 rings (SSSR count). The van der Waals surface area contributed by atoms with Crippen molar-refractivity contribution >= 4 is 39.5 Å². The van der Waals surface area contributed by atoms with E-state index < -0.39 is 22.1 Å². The quantitative estimate of drug-likeness (QED) is 0.333. The molecule has 30 heavy (non-hydrogen) atoms. The molecule has 4 N–H and O–H groups in total. The van der Waals surface area contributed by atoms with Crippen LogP contribution >= 0.6 is 0 Å². The fourth-order valence-corrected chi connectivity index (χ4v) is 3.10. The van der Waals surface area contributed by atoms with Gasteiger partial charge < -0.3 is 24.7 Å². The Morgan fingerprint density at radius 2 is 1.80 bits per heavy atom. The highest BCUT2D eigenvalue weighted by Crippen LogP contribution is 2.29. The number of ether oxygens (including phenoxy) is 2. The lowest BCUT2D eigenvalue weighted by Gasteiger charge is -2.12. The van der Waals surface area contributed by atoms with Gasteiger partial charge in [-0.15, -0.1) is 0 Å². The number of para-hydroxylation sites is 1. The van der Waals surface area contributed by atoms with Gasteiger partial charge in [0.25, 0.3) is 0 Å². The Bertz CT molecular complexity index is 1040. The number of guanidine groups is 1. The number of nitrogens with two attached hydrogens (primary N) is 1. The second-order valence-electron chi connectivity index (χ2n) is 5.62. The Kier molecular flexibility index (Phi) is 7.72. The van der Waals surface area contributed by atoms with E-state index in [1.165, 1.54) is 31.4 Å². The molecule has 0 spiro atoms. The summed E-state index contributed by atoms with van der Waals surface area (Å²) in [4.78, 5) is 26.8. The summed E-state index contributed by atoms with van der Waals surface area (Å²) in [6.45, 7) is -0.240. The molecule has 2 amide bonds. The number of carbonyl (C=O) groups excluding carboxylic acids is 2. The standard InChI is InChI=1S/C18H20N4O7S/c1-27-11-16(23)20-14-9-8-13(10-15(14)21-17(19)22-18(24)28-2)30(25,26)29-12-6-4-3-5-7-12/h3-10H,11H2,1-2H3,(H,20,23)(H3,19,21,22,24). The summed E-state index contributed by atoms with van der Waals surface area (Å²) >= 11 is 0. The highest BCUT2D eigenvalue weighted by Gasteiger charge is 2.19. The first-order valence-electron chi connectivity index (χ1n) is 8.36. The molecule has 0 aromatic heterocycles. The number of benzene rings is 2. The average Bonchev–Trinajstić information content (AvgIpc) is 2.69. The van der Waals surface area contributed by atoms with E-state index in [0.717, 1.165) is 13.2 Å². The highest BCUT2D eigenvalue weighted by atomic mass is 32.2. The monoisotopic (exact) mass is 436 g/mol. The van der Waals surface area contributed by atoms with Gasteiger partial charge in [-0.2, -0.15) is 8.42 Å². The lowest BCUT2D eigenvalue weighted by molar-refractivity contribution is -0.119. The van der Waals surface area contributed by atoms with Crippen LogP contribution in [-0.2, 0) is 24.4 Å². The maximum atomic E-state index is 12.6. The zero-order valence-electron chi connectivity index (χ0n) is 16.1. The summed E-state index contributed by atoms with van der Waals surface area (Å²) in [5.41, 5.74) is 5.72. The number of hydrogen-bond donors (Lipinski definition) is 3. The Morgan fingerprint density at radius 1 is 1.10 bits per heavy atom. The normalized spacial score (nSPS) is 11.5. The average molecular weight is 436 g/mol. The fourth-order valence-electron chi connectivity index (χ4n) is 2.15. The van der Waals surface area contributed by atoms with Crippen LogP contribution in [0.4, 0.5) is 16.2 Å². The van der Waals surface area contributed by atoms with E-state index in [1.54, 1.807) is 18.2 Å². The molecule has 0 aliphatic carbocycles. The van der Waals surface area contributed by atoms with Gasteiger partial charge in [0.2, 0.25) is 11.9 Å². The van der Waals surface area contributed by atoms with Gasteiger partial charge in [-0.25, -0.2) is 9.79 Å². The van der Waals surface area contributed by atoms with E-state index in [0.29, 0.717) is 0 Å². The maximum absolute atomic E-state index is 12.6. The minimum atomic E-state index is -4.21. The van der Waals surface area contributed by atoms with Crippen molar-refractivity contribution in [3.63, 3.8) is 0 Å². The number of hydrogen-bond acceptors (Lipinski definition) is 8. The molecule has 0 radical (unpaired) electrons. The molecule has 0 bridgehead atoms. The number of methoxy groups -OCH3 is 2. The minimum absolute atomic E-state index is 0.0499. The lowest BCUT2D eigenvalue weighted by atomic mass is 10.2. The van der Waals surface area contributed by atoms with Crippen LogP contribution in [0.25, 0.3) is 0 Å². The predicted molar refractivity (Wildman–Crippen MR) is 108 cm³/mol. The molecule has 0 saturated carbocycles. The van der Waals surface area contributed by atoms with E-state index in [-0.39, 0.29) is 34.6 Å². The summed E-state index contributed by atoms with van der Waals surface area (Å²) in [6, 6.07) is 11.6. The fraction of sp³-hybridized carbons (Fsp3) is 0.167. The maximum Gasteiger partial charge on any atom is 0.413 e. The number of carbonyl (C=O) groups is 2. The number of nitrogens with one attached hydrogen (secondary N) is 2. The summed E-state index contributed by atoms with van der Waals surface area (Å²) in [7, 11) is -1.74. The van der Waals surface area contributed by atoms with Crippen molar-refractivity contribution < 1.29 is 31.7 Å². The summed E-state index contributed by atoms with van der Waals surface area (Å²) < 4.78 is 39.4.